The van der Waals surface area contributed by atoms with Crippen molar-refractivity contribution in [3.63, 3.8) is 0 Å². The average molecular weight is 817 g/mol. The van der Waals surface area contributed by atoms with E-state index in [1.165, 1.54) is 88.0 Å². The number of para-hydroxylation sites is 2. The minimum absolute atomic E-state index is 0.134. The van der Waals surface area contributed by atoms with Crippen LogP contribution in [-0.4, -0.2) is 4.57 Å². The minimum Gasteiger partial charge on any atom is -0.310 e. The van der Waals surface area contributed by atoms with Crippen LogP contribution in [0, 0.1) is 0 Å². The van der Waals surface area contributed by atoms with Crippen molar-refractivity contribution in [2.45, 2.75) is 12.3 Å². The van der Waals surface area contributed by atoms with Gasteiger partial charge in [-0.05, 0) is 110 Å². The normalized spacial score (nSPS) is 13.8. The lowest BCUT2D eigenvalue weighted by Crippen LogP contribution is -2.18. The van der Waals surface area contributed by atoms with Crippen LogP contribution in [0.5, 0.6) is 0 Å². The van der Waals surface area contributed by atoms with Crippen molar-refractivity contribution >= 4 is 54.7 Å². The molecule has 1 aliphatic carbocycles. The molecule has 0 fully saturated rings. The van der Waals surface area contributed by atoms with Crippen LogP contribution in [0.4, 0.5) is 11.4 Å². The van der Waals surface area contributed by atoms with E-state index < -0.39 is 0 Å². The molecule has 0 aliphatic heterocycles. The van der Waals surface area contributed by atoms with Crippen LogP contribution in [0.25, 0.3) is 82.4 Å². The summed E-state index contributed by atoms with van der Waals surface area (Å²) in [5.74, 6) is 0.134. The maximum atomic E-state index is 2.51. The van der Waals surface area contributed by atoms with Crippen molar-refractivity contribution in [2.24, 2.45) is 0 Å². The second-order valence-electron chi connectivity index (χ2n) is 16.8. The van der Waals surface area contributed by atoms with Gasteiger partial charge in [-0.2, -0.15) is 0 Å². The second kappa shape index (κ2) is 15.9. The van der Waals surface area contributed by atoms with Crippen molar-refractivity contribution < 1.29 is 0 Å². The fraction of sp³-hybridized carbons (Fsp3) is 0.0323. The van der Waals surface area contributed by atoms with Gasteiger partial charge in [-0.3, -0.25) is 0 Å². The first-order valence-electron chi connectivity index (χ1n) is 22.3. The maximum Gasteiger partial charge on any atom is 0.0547 e. The molecule has 1 aliphatic rings. The summed E-state index contributed by atoms with van der Waals surface area (Å²) in [5, 5.41) is 7.58. The van der Waals surface area contributed by atoms with Crippen molar-refractivity contribution in [2.75, 3.05) is 4.90 Å². The highest BCUT2D eigenvalue weighted by Crippen LogP contribution is 2.45. The molecule has 0 radical (unpaired) electrons. The van der Waals surface area contributed by atoms with E-state index in [4.69, 9.17) is 0 Å². The Labute approximate surface area is 373 Å². The van der Waals surface area contributed by atoms with Gasteiger partial charge in [-0.15, -0.1) is 0 Å². The first-order chi connectivity index (χ1) is 31.8. The molecule has 1 heterocycles. The number of benzene rings is 10. The van der Waals surface area contributed by atoms with Gasteiger partial charge in [0.2, 0.25) is 0 Å². The molecule has 2 heteroatoms. The molecule has 1 atom stereocenters. The Kier molecular flexibility index (Phi) is 9.34. The van der Waals surface area contributed by atoms with Crippen LogP contribution < -0.4 is 4.90 Å². The monoisotopic (exact) mass is 816 g/mol. The van der Waals surface area contributed by atoms with Crippen molar-refractivity contribution in [1.29, 1.82) is 0 Å². The molecule has 2 nitrogen and oxygen atoms in total. The van der Waals surface area contributed by atoms with Gasteiger partial charge in [0.1, 0.15) is 0 Å². The Balaban J connectivity index is 1.01. The van der Waals surface area contributed by atoms with Gasteiger partial charge in [-0.1, -0.05) is 200 Å². The SMILES string of the molecule is C1=CC(c2cc(-c3ccccc3)ccc2-n2c3ccccc3c3c4ccccc4ccc32)CC=C1N(c1ccc(-c2ccccc2)cc1)c1ccccc1-c1cccc2ccccc12. The van der Waals surface area contributed by atoms with E-state index in [1.54, 1.807) is 0 Å². The van der Waals surface area contributed by atoms with E-state index in [0.717, 1.165) is 23.5 Å². The fourth-order valence-corrected chi connectivity index (χ4v) is 10.1. The van der Waals surface area contributed by atoms with Gasteiger partial charge in [-0.25, -0.2) is 0 Å². The molecular weight excluding hydrogens is 773 g/mol. The fourth-order valence-electron chi connectivity index (χ4n) is 10.1. The smallest absolute Gasteiger partial charge is 0.0547 e. The van der Waals surface area contributed by atoms with E-state index in [1.807, 2.05) is 0 Å². The van der Waals surface area contributed by atoms with Gasteiger partial charge in [0.05, 0.1) is 22.4 Å². The lowest BCUT2D eigenvalue weighted by molar-refractivity contribution is 0.831. The molecule has 10 aromatic carbocycles. The number of allylic oxidation sites excluding steroid dienone is 3. The van der Waals surface area contributed by atoms with E-state index in [2.05, 4.69) is 258 Å². The number of hydrogen-bond donors (Lipinski definition) is 0. The standard InChI is InChI=1S/C62H44N2/c1-3-16-43(17-4-1)45-30-36-50(37-31-45)63(58-28-13-11-25-55(58)54-27-15-22-46-20-7-9-23-52(46)54)51-38-32-48(33-39-51)57-42-49(44-18-5-2-6-19-44)35-40-60(57)64-59-29-14-12-26-56(59)62-53-24-10-8-21-47(53)34-41-61(62)64/h1-32,34-42,48H,33H2. The van der Waals surface area contributed by atoms with Crippen molar-refractivity contribution in [1.82, 2.24) is 4.57 Å². The number of rotatable bonds is 8. The van der Waals surface area contributed by atoms with Crippen LogP contribution in [0.2, 0.25) is 0 Å². The summed E-state index contributed by atoms with van der Waals surface area (Å²) in [6.45, 7) is 0. The number of hydrogen-bond acceptors (Lipinski definition) is 1. The Morgan fingerprint density at radius 2 is 1.02 bits per heavy atom. The number of anilines is 2. The molecule has 11 aromatic rings. The van der Waals surface area contributed by atoms with E-state index in [0.29, 0.717) is 0 Å². The highest BCUT2D eigenvalue weighted by molar-refractivity contribution is 6.21. The molecular formula is C62H44N2. The predicted octanol–water partition coefficient (Wildman–Crippen LogP) is 16.9. The average Bonchev–Trinajstić information content (AvgIpc) is 3.72. The number of aromatic nitrogens is 1. The topological polar surface area (TPSA) is 8.17 Å². The zero-order chi connectivity index (χ0) is 42.4. The molecule has 1 unspecified atom stereocenters. The summed E-state index contributed by atoms with van der Waals surface area (Å²) in [7, 11) is 0. The van der Waals surface area contributed by atoms with Gasteiger partial charge in [0, 0.05) is 33.6 Å². The number of fused-ring (bicyclic) bond motifs is 6. The summed E-state index contributed by atoms with van der Waals surface area (Å²) in [4.78, 5) is 2.46. The highest BCUT2D eigenvalue weighted by Gasteiger charge is 2.25. The Hall–Kier alpha value is -8.20. The molecule has 0 bridgehead atoms. The summed E-state index contributed by atoms with van der Waals surface area (Å²) in [6.07, 6.45) is 8.09. The van der Waals surface area contributed by atoms with Crippen molar-refractivity contribution in [3.8, 4) is 39.1 Å². The molecule has 302 valence electrons. The van der Waals surface area contributed by atoms with Crippen LogP contribution in [0.15, 0.2) is 254 Å². The minimum atomic E-state index is 0.134. The zero-order valence-corrected chi connectivity index (χ0v) is 35.4. The highest BCUT2D eigenvalue weighted by atomic mass is 15.1. The van der Waals surface area contributed by atoms with Crippen LogP contribution in [0.1, 0.15) is 17.9 Å². The Morgan fingerprint density at radius 3 is 1.78 bits per heavy atom. The lowest BCUT2D eigenvalue weighted by atomic mass is 9.87. The molecule has 0 saturated heterocycles. The first kappa shape index (κ1) is 37.6. The largest absolute Gasteiger partial charge is 0.310 e. The zero-order valence-electron chi connectivity index (χ0n) is 35.4. The molecule has 0 N–H and O–H groups in total. The molecule has 12 rings (SSSR count). The Morgan fingerprint density at radius 1 is 0.422 bits per heavy atom. The Bertz CT molecular complexity index is 3570. The first-order valence-corrected chi connectivity index (χ1v) is 22.3. The van der Waals surface area contributed by atoms with Gasteiger partial charge >= 0.3 is 0 Å². The van der Waals surface area contributed by atoms with E-state index in [9.17, 15) is 0 Å². The van der Waals surface area contributed by atoms with Gasteiger partial charge in [0.15, 0.2) is 0 Å². The molecule has 0 spiro atoms. The van der Waals surface area contributed by atoms with E-state index in [-0.39, 0.29) is 5.92 Å². The predicted molar refractivity (Wildman–Crippen MR) is 272 cm³/mol. The third-order valence-electron chi connectivity index (χ3n) is 13.1. The molecule has 0 amide bonds. The summed E-state index contributed by atoms with van der Waals surface area (Å²) >= 11 is 0. The summed E-state index contributed by atoms with van der Waals surface area (Å²) in [5.41, 5.74) is 15.6. The van der Waals surface area contributed by atoms with Crippen LogP contribution >= 0.6 is 0 Å². The lowest BCUT2D eigenvalue weighted by Gasteiger charge is -2.31. The molecule has 1 aromatic heterocycles. The second-order valence-corrected chi connectivity index (χ2v) is 16.8. The van der Waals surface area contributed by atoms with Gasteiger partial charge in [0.25, 0.3) is 0 Å². The third kappa shape index (κ3) is 6.51. The van der Waals surface area contributed by atoms with Crippen LogP contribution in [0.3, 0.4) is 0 Å². The summed E-state index contributed by atoms with van der Waals surface area (Å²) in [6, 6.07) is 84.1. The summed E-state index contributed by atoms with van der Waals surface area (Å²) < 4.78 is 2.51. The quantitative estimate of drug-likeness (QED) is 0.148. The van der Waals surface area contributed by atoms with E-state index >= 15 is 0 Å². The maximum absolute atomic E-state index is 2.51. The van der Waals surface area contributed by atoms with Gasteiger partial charge < -0.3 is 9.47 Å². The molecule has 64 heavy (non-hydrogen) atoms. The van der Waals surface area contributed by atoms with Crippen LogP contribution in [-0.2, 0) is 0 Å². The third-order valence-corrected chi connectivity index (χ3v) is 13.1. The van der Waals surface area contributed by atoms with Crippen molar-refractivity contribution in [3.05, 3.63) is 260 Å². The molecule has 0 saturated carbocycles. The number of nitrogens with zero attached hydrogens (tertiary/aromatic N) is 2.